The van der Waals surface area contributed by atoms with Crippen LogP contribution in [0.4, 0.5) is 0 Å². The average molecular weight is 275 g/mol. The molecule has 1 N–H and O–H groups in total. The van der Waals surface area contributed by atoms with Gasteiger partial charge in [-0.05, 0) is 20.8 Å². The van der Waals surface area contributed by atoms with Crippen LogP contribution in [-0.2, 0) is 19.6 Å². The molecule has 0 aromatic carbocycles. The molecule has 0 atom stereocenters. The summed E-state index contributed by atoms with van der Waals surface area (Å²) in [5.41, 5.74) is 0. The first-order valence-electron chi connectivity index (χ1n) is 5.55. The Balaban J connectivity index is 2.96. The molecule has 0 aliphatic heterocycles. The highest BCUT2D eigenvalue weighted by Gasteiger charge is 2.30. The molecule has 0 amide bonds. The zero-order valence-corrected chi connectivity index (χ0v) is 11.4. The van der Waals surface area contributed by atoms with E-state index in [2.05, 4.69) is 9.97 Å². The number of esters is 1. The van der Waals surface area contributed by atoms with E-state index in [1.807, 2.05) is 0 Å². The fourth-order valence-electron chi connectivity index (χ4n) is 1.39. The summed E-state index contributed by atoms with van der Waals surface area (Å²) in [4.78, 5) is 17.6. The predicted molar refractivity (Wildman–Crippen MR) is 64.2 cm³/mol. The molecule has 8 heteroatoms. The van der Waals surface area contributed by atoms with Gasteiger partial charge in [0.05, 0.1) is 19.1 Å². The van der Waals surface area contributed by atoms with Crippen LogP contribution in [0.25, 0.3) is 0 Å². The fraction of sp³-hybridized carbons (Fsp3) is 0.600. The number of carbonyl (C=O) groups excluding carboxylic acids is 1. The van der Waals surface area contributed by atoms with E-state index in [9.17, 15) is 13.2 Å². The Hall–Kier alpha value is -1.41. The molecule has 7 nitrogen and oxygen atoms in total. The van der Waals surface area contributed by atoms with Gasteiger partial charge in [0.2, 0.25) is 0 Å². The molecule has 1 aromatic heterocycles. The number of carbonyl (C=O) groups is 1. The molecule has 0 unspecified atom stereocenters. The summed E-state index contributed by atoms with van der Waals surface area (Å²) in [6, 6.07) is -0.359. The van der Waals surface area contributed by atoms with Crippen molar-refractivity contribution in [1.82, 2.24) is 14.3 Å². The summed E-state index contributed by atoms with van der Waals surface area (Å²) < 4.78 is 30.3. The average Bonchev–Trinajstić information content (AvgIpc) is 2.79. The normalized spacial score (nSPS) is 12.1. The molecule has 0 saturated heterocycles. The van der Waals surface area contributed by atoms with E-state index in [-0.39, 0.29) is 24.2 Å². The quantitative estimate of drug-likeness (QED) is 0.757. The molecule has 1 aromatic rings. The van der Waals surface area contributed by atoms with Gasteiger partial charge in [0, 0.05) is 6.04 Å². The highest BCUT2D eigenvalue weighted by Crippen LogP contribution is 2.15. The minimum Gasteiger partial charge on any atom is -0.465 e. The molecule has 1 heterocycles. The molecule has 0 aliphatic rings. The first-order valence-corrected chi connectivity index (χ1v) is 6.99. The summed E-state index contributed by atoms with van der Waals surface area (Å²) in [5, 5.41) is -0.0412. The van der Waals surface area contributed by atoms with Gasteiger partial charge in [-0.25, -0.2) is 13.4 Å². The van der Waals surface area contributed by atoms with E-state index in [0.717, 1.165) is 4.31 Å². The summed E-state index contributed by atoms with van der Waals surface area (Å²) in [6.07, 6.45) is 2.48. The molecular formula is C10H17N3O4S. The number of nitrogens with one attached hydrogen (secondary N) is 1. The maximum Gasteiger partial charge on any atom is 0.321 e. The van der Waals surface area contributed by atoms with Crippen molar-refractivity contribution >= 4 is 16.0 Å². The van der Waals surface area contributed by atoms with E-state index in [1.54, 1.807) is 20.8 Å². The van der Waals surface area contributed by atoms with Gasteiger partial charge in [0.25, 0.3) is 10.0 Å². The molecule has 0 spiro atoms. The van der Waals surface area contributed by atoms with Crippen molar-refractivity contribution in [3.8, 4) is 0 Å². The van der Waals surface area contributed by atoms with Gasteiger partial charge in [0.1, 0.15) is 6.54 Å². The predicted octanol–water partition coefficient (Wildman–Crippen LogP) is 0.372. The first kappa shape index (κ1) is 14.7. The van der Waals surface area contributed by atoms with Gasteiger partial charge >= 0.3 is 5.97 Å². The molecule has 102 valence electrons. The highest BCUT2D eigenvalue weighted by molar-refractivity contribution is 7.89. The number of aromatic nitrogens is 2. The number of sulfonamides is 1. The van der Waals surface area contributed by atoms with Crippen LogP contribution >= 0.6 is 0 Å². The maximum absolute atomic E-state index is 12.2. The minimum atomic E-state index is -3.76. The van der Waals surface area contributed by atoms with Crippen molar-refractivity contribution < 1.29 is 17.9 Å². The lowest BCUT2D eigenvalue weighted by Gasteiger charge is -2.23. The van der Waals surface area contributed by atoms with E-state index in [4.69, 9.17) is 4.74 Å². The molecule has 1 rings (SSSR count). The third kappa shape index (κ3) is 3.30. The molecule has 0 aliphatic carbocycles. The Bertz CT molecular complexity index is 481. The number of H-pyrrole nitrogens is 1. The Morgan fingerprint density at radius 3 is 2.67 bits per heavy atom. The molecule has 0 fully saturated rings. The largest absolute Gasteiger partial charge is 0.465 e. The van der Waals surface area contributed by atoms with Crippen LogP contribution in [-0.4, -0.2) is 47.9 Å². The summed E-state index contributed by atoms with van der Waals surface area (Å²) >= 11 is 0. The van der Waals surface area contributed by atoms with Crippen molar-refractivity contribution in [2.75, 3.05) is 13.2 Å². The Labute approximate surface area is 106 Å². The zero-order chi connectivity index (χ0) is 13.8. The topological polar surface area (TPSA) is 92.4 Å². The number of imidazole rings is 1. The van der Waals surface area contributed by atoms with Crippen molar-refractivity contribution in [1.29, 1.82) is 0 Å². The zero-order valence-electron chi connectivity index (χ0n) is 10.6. The van der Waals surface area contributed by atoms with Gasteiger partial charge in [-0.15, -0.1) is 0 Å². The smallest absolute Gasteiger partial charge is 0.321 e. The van der Waals surface area contributed by atoms with Gasteiger partial charge in [-0.1, -0.05) is 0 Å². The van der Waals surface area contributed by atoms with Crippen molar-refractivity contribution in [3.05, 3.63) is 12.5 Å². The van der Waals surface area contributed by atoms with Crippen LogP contribution < -0.4 is 0 Å². The van der Waals surface area contributed by atoms with Crippen LogP contribution in [0.2, 0.25) is 0 Å². The number of aromatic amines is 1. The second kappa shape index (κ2) is 5.96. The fourth-order valence-corrected chi connectivity index (χ4v) is 2.87. The van der Waals surface area contributed by atoms with Gasteiger partial charge in [-0.2, -0.15) is 4.31 Å². The van der Waals surface area contributed by atoms with E-state index in [0.29, 0.717) is 0 Å². The number of hydrogen-bond acceptors (Lipinski definition) is 5. The van der Waals surface area contributed by atoms with Crippen molar-refractivity contribution in [2.45, 2.75) is 31.8 Å². The molecule has 18 heavy (non-hydrogen) atoms. The maximum atomic E-state index is 12.2. The lowest BCUT2D eigenvalue weighted by Crippen LogP contribution is -2.41. The summed E-state index contributed by atoms with van der Waals surface area (Å²) in [6.45, 7) is 4.95. The van der Waals surface area contributed by atoms with E-state index >= 15 is 0 Å². The third-order valence-corrected chi connectivity index (χ3v) is 4.17. The Morgan fingerprint density at radius 1 is 1.56 bits per heavy atom. The number of ether oxygens (including phenoxy) is 1. The van der Waals surface area contributed by atoms with Gasteiger partial charge in [0.15, 0.2) is 5.03 Å². The van der Waals surface area contributed by atoms with E-state index < -0.39 is 16.0 Å². The highest BCUT2D eigenvalue weighted by atomic mass is 32.2. The van der Waals surface area contributed by atoms with Crippen LogP contribution in [0.15, 0.2) is 17.6 Å². The first-order chi connectivity index (χ1) is 8.39. The Kier molecular flexibility index (Phi) is 4.85. The lowest BCUT2D eigenvalue weighted by atomic mass is 10.4. The second-order valence-corrected chi connectivity index (χ2v) is 5.72. The van der Waals surface area contributed by atoms with E-state index in [1.165, 1.54) is 12.5 Å². The van der Waals surface area contributed by atoms with Crippen molar-refractivity contribution in [2.24, 2.45) is 0 Å². The number of rotatable bonds is 6. The monoisotopic (exact) mass is 275 g/mol. The van der Waals surface area contributed by atoms with Crippen molar-refractivity contribution in [3.63, 3.8) is 0 Å². The van der Waals surface area contributed by atoms with Crippen LogP contribution in [0.3, 0.4) is 0 Å². The molecule has 0 bridgehead atoms. The van der Waals surface area contributed by atoms with Gasteiger partial charge in [-0.3, -0.25) is 4.79 Å². The molecule has 0 saturated carbocycles. The van der Waals surface area contributed by atoms with Crippen LogP contribution in [0.5, 0.6) is 0 Å². The number of nitrogens with zero attached hydrogens (tertiary/aromatic N) is 2. The second-order valence-electron chi connectivity index (χ2n) is 3.86. The standard InChI is InChI=1S/C10H17N3O4S/c1-4-17-10(14)6-13(8(2)3)18(15,16)9-5-11-7-12-9/h5,7-8H,4,6H2,1-3H3,(H,11,12). The van der Waals surface area contributed by atoms with Gasteiger partial charge < -0.3 is 9.72 Å². The van der Waals surface area contributed by atoms with Crippen LogP contribution in [0.1, 0.15) is 20.8 Å². The third-order valence-electron chi connectivity index (χ3n) is 2.23. The molecular weight excluding hydrogens is 258 g/mol. The minimum absolute atomic E-state index is 0.0412. The number of hydrogen-bond donors (Lipinski definition) is 1. The molecule has 0 radical (unpaired) electrons. The SMILES string of the molecule is CCOC(=O)CN(C(C)C)S(=O)(=O)c1cnc[nH]1. The Morgan fingerprint density at radius 2 is 2.22 bits per heavy atom. The lowest BCUT2D eigenvalue weighted by molar-refractivity contribution is -0.143. The summed E-state index contributed by atoms with van der Waals surface area (Å²) in [5.74, 6) is -0.575. The van der Waals surface area contributed by atoms with Crippen LogP contribution in [0, 0.1) is 0 Å². The summed E-state index contributed by atoms with van der Waals surface area (Å²) in [7, 11) is -3.76.